The van der Waals surface area contributed by atoms with Gasteiger partial charge in [0.1, 0.15) is 0 Å². The molecule has 1 amide bonds. The predicted molar refractivity (Wildman–Crippen MR) is 99.8 cm³/mol. The molecule has 124 valence electrons. The van der Waals surface area contributed by atoms with E-state index in [1.165, 1.54) is 22.3 Å². The van der Waals surface area contributed by atoms with Gasteiger partial charge in [0.2, 0.25) is 0 Å². The van der Waals surface area contributed by atoms with Gasteiger partial charge in [-0.3, -0.25) is 4.79 Å². The third-order valence-electron chi connectivity index (χ3n) is 4.56. The SMILES string of the molecule is COCc1cccc(C(=O)Nc2ccc3c(c2)-c2ccccc2C3)c1. The second-order valence-corrected chi connectivity index (χ2v) is 6.29. The Kier molecular flexibility index (Phi) is 4.08. The number of hydrogen-bond acceptors (Lipinski definition) is 2. The zero-order valence-corrected chi connectivity index (χ0v) is 14.1. The van der Waals surface area contributed by atoms with Crippen molar-refractivity contribution in [3.05, 3.63) is 89.0 Å². The van der Waals surface area contributed by atoms with E-state index in [0.717, 1.165) is 17.7 Å². The summed E-state index contributed by atoms with van der Waals surface area (Å²) in [5.41, 5.74) is 7.55. The number of anilines is 1. The molecule has 25 heavy (non-hydrogen) atoms. The Balaban J connectivity index is 1.58. The molecule has 1 N–H and O–H groups in total. The summed E-state index contributed by atoms with van der Waals surface area (Å²) in [4.78, 5) is 12.6. The quantitative estimate of drug-likeness (QED) is 0.591. The van der Waals surface area contributed by atoms with Crippen molar-refractivity contribution in [3.63, 3.8) is 0 Å². The minimum Gasteiger partial charge on any atom is -0.380 e. The fraction of sp³-hybridized carbons (Fsp3) is 0.136. The number of hydrogen-bond donors (Lipinski definition) is 1. The number of carbonyl (C=O) groups is 1. The first kappa shape index (κ1) is 15.6. The van der Waals surface area contributed by atoms with Gasteiger partial charge in [0.25, 0.3) is 5.91 Å². The van der Waals surface area contributed by atoms with Crippen molar-refractivity contribution >= 4 is 11.6 Å². The molecule has 3 heteroatoms. The monoisotopic (exact) mass is 329 g/mol. The molecule has 1 aliphatic carbocycles. The highest BCUT2D eigenvalue weighted by Crippen LogP contribution is 2.37. The summed E-state index contributed by atoms with van der Waals surface area (Å²) in [6.07, 6.45) is 0.957. The summed E-state index contributed by atoms with van der Waals surface area (Å²) in [5.74, 6) is -0.107. The van der Waals surface area contributed by atoms with Gasteiger partial charge in [-0.1, -0.05) is 42.5 Å². The van der Waals surface area contributed by atoms with Crippen LogP contribution in [0.3, 0.4) is 0 Å². The molecule has 0 fully saturated rings. The van der Waals surface area contributed by atoms with Gasteiger partial charge in [-0.15, -0.1) is 0 Å². The van der Waals surface area contributed by atoms with Crippen molar-refractivity contribution in [2.75, 3.05) is 12.4 Å². The lowest BCUT2D eigenvalue weighted by atomic mass is 10.0. The van der Waals surface area contributed by atoms with E-state index in [1.54, 1.807) is 7.11 Å². The fourth-order valence-corrected chi connectivity index (χ4v) is 3.37. The van der Waals surface area contributed by atoms with Crippen LogP contribution in [-0.2, 0) is 17.8 Å². The van der Waals surface area contributed by atoms with Gasteiger partial charge < -0.3 is 10.1 Å². The fourth-order valence-electron chi connectivity index (χ4n) is 3.37. The smallest absolute Gasteiger partial charge is 0.255 e. The molecule has 0 saturated carbocycles. The van der Waals surface area contributed by atoms with Crippen LogP contribution in [0.15, 0.2) is 66.7 Å². The average Bonchev–Trinajstić information content (AvgIpc) is 3.00. The largest absolute Gasteiger partial charge is 0.380 e. The Labute approximate surface area is 147 Å². The lowest BCUT2D eigenvalue weighted by Crippen LogP contribution is -2.12. The molecule has 4 rings (SSSR count). The Hall–Kier alpha value is -2.91. The first-order chi connectivity index (χ1) is 12.2. The van der Waals surface area contributed by atoms with Gasteiger partial charge >= 0.3 is 0 Å². The lowest BCUT2D eigenvalue weighted by molar-refractivity contribution is 0.102. The van der Waals surface area contributed by atoms with Crippen LogP contribution in [0.5, 0.6) is 0 Å². The summed E-state index contributed by atoms with van der Waals surface area (Å²) in [5, 5.41) is 3.01. The van der Waals surface area contributed by atoms with Gasteiger partial charge in [0.05, 0.1) is 6.61 Å². The first-order valence-electron chi connectivity index (χ1n) is 8.35. The Morgan fingerprint density at radius 3 is 2.68 bits per heavy atom. The minimum atomic E-state index is -0.107. The van der Waals surface area contributed by atoms with E-state index >= 15 is 0 Å². The van der Waals surface area contributed by atoms with E-state index in [4.69, 9.17) is 4.74 Å². The highest BCUT2D eigenvalue weighted by molar-refractivity contribution is 6.04. The number of amides is 1. The number of carbonyl (C=O) groups excluding carboxylic acids is 1. The highest BCUT2D eigenvalue weighted by Gasteiger charge is 2.18. The predicted octanol–water partition coefficient (Wildman–Crippen LogP) is 4.66. The molecular weight excluding hydrogens is 310 g/mol. The second kappa shape index (κ2) is 6.54. The van der Waals surface area contributed by atoms with Crippen LogP contribution < -0.4 is 5.32 Å². The van der Waals surface area contributed by atoms with Crippen LogP contribution in [0.1, 0.15) is 27.0 Å². The van der Waals surface area contributed by atoms with E-state index in [-0.39, 0.29) is 5.91 Å². The average molecular weight is 329 g/mol. The Morgan fingerprint density at radius 1 is 0.960 bits per heavy atom. The van der Waals surface area contributed by atoms with Crippen molar-refractivity contribution in [3.8, 4) is 11.1 Å². The van der Waals surface area contributed by atoms with Crippen molar-refractivity contribution in [2.24, 2.45) is 0 Å². The third-order valence-corrected chi connectivity index (χ3v) is 4.56. The Morgan fingerprint density at radius 2 is 1.80 bits per heavy atom. The van der Waals surface area contributed by atoms with E-state index in [9.17, 15) is 4.79 Å². The molecule has 3 aromatic carbocycles. The van der Waals surface area contributed by atoms with Gasteiger partial charge in [-0.2, -0.15) is 0 Å². The summed E-state index contributed by atoms with van der Waals surface area (Å²) in [7, 11) is 1.65. The molecule has 0 unspecified atom stereocenters. The zero-order chi connectivity index (χ0) is 17.2. The summed E-state index contributed by atoms with van der Waals surface area (Å²) in [6, 6.07) is 22.1. The summed E-state index contributed by atoms with van der Waals surface area (Å²) in [6.45, 7) is 0.497. The molecule has 0 radical (unpaired) electrons. The molecule has 3 nitrogen and oxygen atoms in total. The van der Waals surface area contributed by atoms with Crippen LogP contribution in [0, 0.1) is 0 Å². The van der Waals surface area contributed by atoms with Crippen LogP contribution >= 0.6 is 0 Å². The number of nitrogens with one attached hydrogen (secondary N) is 1. The van der Waals surface area contributed by atoms with Crippen molar-refractivity contribution in [1.82, 2.24) is 0 Å². The van der Waals surface area contributed by atoms with E-state index in [2.05, 4.69) is 41.7 Å². The van der Waals surface area contributed by atoms with Crippen LogP contribution in [0.4, 0.5) is 5.69 Å². The third kappa shape index (κ3) is 3.06. The van der Waals surface area contributed by atoms with Gasteiger partial charge in [-0.25, -0.2) is 0 Å². The van der Waals surface area contributed by atoms with Crippen molar-refractivity contribution in [2.45, 2.75) is 13.0 Å². The number of methoxy groups -OCH3 is 1. The molecule has 0 saturated heterocycles. The molecule has 0 heterocycles. The van der Waals surface area contributed by atoms with Crippen molar-refractivity contribution in [1.29, 1.82) is 0 Å². The molecule has 1 aliphatic rings. The Bertz CT molecular complexity index is 946. The molecule has 0 aliphatic heterocycles. The number of ether oxygens (including phenoxy) is 1. The van der Waals surface area contributed by atoms with Crippen LogP contribution in [0.25, 0.3) is 11.1 Å². The zero-order valence-electron chi connectivity index (χ0n) is 14.1. The molecule has 0 aromatic heterocycles. The van der Waals surface area contributed by atoms with Gasteiger partial charge in [-0.05, 0) is 58.5 Å². The second-order valence-electron chi connectivity index (χ2n) is 6.29. The highest BCUT2D eigenvalue weighted by atomic mass is 16.5. The first-order valence-corrected chi connectivity index (χ1v) is 8.35. The van der Waals surface area contributed by atoms with E-state index < -0.39 is 0 Å². The van der Waals surface area contributed by atoms with E-state index in [1.807, 2.05) is 30.3 Å². The topological polar surface area (TPSA) is 38.3 Å². The molecular formula is C22H19NO2. The standard InChI is InChI=1S/C22H19NO2/c1-25-14-15-5-4-7-18(11-15)22(24)23-19-10-9-17-12-16-6-2-3-8-20(16)21(17)13-19/h2-11,13H,12,14H2,1H3,(H,23,24). The maximum atomic E-state index is 12.6. The van der Waals surface area contributed by atoms with E-state index in [0.29, 0.717) is 12.2 Å². The molecule has 0 spiro atoms. The maximum Gasteiger partial charge on any atom is 0.255 e. The lowest BCUT2D eigenvalue weighted by Gasteiger charge is -2.09. The number of benzene rings is 3. The van der Waals surface area contributed by atoms with Crippen molar-refractivity contribution < 1.29 is 9.53 Å². The van der Waals surface area contributed by atoms with Crippen LogP contribution in [-0.4, -0.2) is 13.0 Å². The molecule has 0 bridgehead atoms. The molecule has 3 aromatic rings. The van der Waals surface area contributed by atoms with Crippen LogP contribution in [0.2, 0.25) is 0 Å². The maximum absolute atomic E-state index is 12.6. The number of fused-ring (bicyclic) bond motifs is 3. The summed E-state index contributed by atoms with van der Waals surface area (Å²) >= 11 is 0. The normalized spacial score (nSPS) is 11.7. The minimum absolute atomic E-state index is 0.107. The summed E-state index contributed by atoms with van der Waals surface area (Å²) < 4.78 is 5.13. The molecule has 0 atom stereocenters. The van der Waals surface area contributed by atoms with Gasteiger partial charge in [0, 0.05) is 18.4 Å². The van der Waals surface area contributed by atoms with Gasteiger partial charge in [0.15, 0.2) is 0 Å². The number of rotatable bonds is 4.